The van der Waals surface area contributed by atoms with Crippen LogP contribution in [0.2, 0.25) is 0 Å². The molecule has 15 heteroatoms. The molecule has 198 valence electrons. The highest BCUT2D eigenvalue weighted by Gasteiger charge is 2.32. The Kier molecular flexibility index (Phi) is 13.5. The first kappa shape index (κ1) is 30.0. The van der Waals surface area contributed by atoms with Crippen molar-refractivity contribution in [1.29, 1.82) is 0 Å². The summed E-state index contributed by atoms with van der Waals surface area (Å²) in [4.78, 5) is 65.2. The van der Waals surface area contributed by atoms with E-state index >= 15 is 0 Å². The quantitative estimate of drug-likeness (QED) is 0.0585. The second kappa shape index (κ2) is 15.8. The zero-order valence-electron chi connectivity index (χ0n) is 19.7. The van der Waals surface area contributed by atoms with E-state index in [0.717, 1.165) is 6.42 Å². The van der Waals surface area contributed by atoms with E-state index in [-0.39, 0.29) is 31.8 Å². The monoisotopic (exact) mass is 516 g/mol. The summed E-state index contributed by atoms with van der Waals surface area (Å²) in [5.41, 5.74) is 15.9. The van der Waals surface area contributed by atoms with E-state index in [1.807, 2.05) is 6.26 Å². The standard InChI is InChI=1S/C20H36N8O6S/c1-35-9-6-13(19(33)34)27-17(31)12(5-3-8-25-20(22)23)26-18(32)14(10-15(21)29)28-16(30)11-4-2-7-24-11/h11-14,24H,2-10H2,1H3,(H2,21,29)(H,26,32)(H,27,31)(H,28,30)(H,33,34)(H4,22,23,25). The third kappa shape index (κ3) is 11.8. The van der Waals surface area contributed by atoms with Crippen LogP contribution in [0.15, 0.2) is 4.99 Å². The molecule has 1 aliphatic heterocycles. The minimum atomic E-state index is -1.30. The van der Waals surface area contributed by atoms with Gasteiger partial charge in [0.2, 0.25) is 23.6 Å². The van der Waals surface area contributed by atoms with Gasteiger partial charge in [-0.1, -0.05) is 0 Å². The van der Waals surface area contributed by atoms with Gasteiger partial charge < -0.3 is 43.6 Å². The van der Waals surface area contributed by atoms with Gasteiger partial charge in [-0.15, -0.1) is 0 Å². The second-order valence-corrected chi connectivity index (χ2v) is 9.06. The van der Waals surface area contributed by atoms with Gasteiger partial charge in [-0.2, -0.15) is 11.8 Å². The number of nitrogens with one attached hydrogen (secondary N) is 4. The Morgan fingerprint density at radius 2 is 1.69 bits per heavy atom. The van der Waals surface area contributed by atoms with E-state index in [1.54, 1.807) is 0 Å². The van der Waals surface area contributed by atoms with Crippen LogP contribution in [-0.4, -0.2) is 89.9 Å². The fraction of sp³-hybridized carbons (Fsp3) is 0.700. The summed E-state index contributed by atoms with van der Waals surface area (Å²) < 4.78 is 0. The van der Waals surface area contributed by atoms with E-state index in [1.165, 1.54) is 11.8 Å². The fourth-order valence-electron chi connectivity index (χ4n) is 3.40. The molecule has 0 radical (unpaired) electrons. The van der Waals surface area contributed by atoms with E-state index in [9.17, 15) is 29.1 Å². The van der Waals surface area contributed by atoms with Crippen LogP contribution < -0.4 is 38.5 Å². The summed E-state index contributed by atoms with van der Waals surface area (Å²) >= 11 is 1.43. The van der Waals surface area contributed by atoms with Crippen LogP contribution >= 0.6 is 11.8 Å². The molecule has 0 aromatic heterocycles. The first-order valence-electron chi connectivity index (χ1n) is 11.2. The van der Waals surface area contributed by atoms with Crippen molar-refractivity contribution >= 4 is 47.3 Å². The third-order valence-corrected chi connectivity index (χ3v) is 5.86. The molecule has 1 fully saturated rings. The van der Waals surface area contributed by atoms with Crippen molar-refractivity contribution in [1.82, 2.24) is 21.3 Å². The van der Waals surface area contributed by atoms with E-state index in [4.69, 9.17) is 17.2 Å². The maximum atomic E-state index is 13.0. The molecular weight excluding hydrogens is 480 g/mol. The minimum Gasteiger partial charge on any atom is -0.480 e. The lowest BCUT2D eigenvalue weighted by Gasteiger charge is -2.24. The number of carboxylic acids is 1. The number of carboxylic acid groups (broad SMARTS) is 1. The summed E-state index contributed by atoms with van der Waals surface area (Å²) in [6.45, 7) is 0.829. The molecule has 1 rings (SSSR count). The van der Waals surface area contributed by atoms with Gasteiger partial charge in [-0.25, -0.2) is 4.79 Å². The number of carbonyl (C=O) groups is 5. The van der Waals surface area contributed by atoms with Crippen LogP contribution in [0.5, 0.6) is 0 Å². The highest BCUT2D eigenvalue weighted by Crippen LogP contribution is 2.08. The maximum Gasteiger partial charge on any atom is 0.326 e. The zero-order chi connectivity index (χ0) is 26.4. The number of aliphatic imine (C=N–C) groups is 1. The number of hydrogen-bond donors (Lipinski definition) is 8. The highest BCUT2D eigenvalue weighted by molar-refractivity contribution is 7.98. The van der Waals surface area contributed by atoms with E-state index in [0.29, 0.717) is 18.7 Å². The Morgan fingerprint density at radius 3 is 2.23 bits per heavy atom. The highest BCUT2D eigenvalue weighted by atomic mass is 32.2. The zero-order valence-corrected chi connectivity index (χ0v) is 20.6. The minimum absolute atomic E-state index is 0.0740. The van der Waals surface area contributed by atoms with Crippen LogP contribution in [0.3, 0.4) is 0 Å². The molecule has 4 atom stereocenters. The molecule has 0 bridgehead atoms. The van der Waals surface area contributed by atoms with Crippen molar-refractivity contribution in [3.05, 3.63) is 0 Å². The number of thioether (sulfide) groups is 1. The summed E-state index contributed by atoms with van der Waals surface area (Å²) in [6, 6.07) is -4.11. The van der Waals surface area contributed by atoms with E-state index in [2.05, 4.69) is 26.3 Å². The van der Waals surface area contributed by atoms with Gasteiger partial charge in [-0.3, -0.25) is 24.2 Å². The van der Waals surface area contributed by atoms with Gasteiger partial charge in [0.05, 0.1) is 12.5 Å². The Balaban J connectivity index is 2.96. The maximum absolute atomic E-state index is 13.0. The molecule has 4 amide bonds. The predicted molar refractivity (Wildman–Crippen MR) is 131 cm³/mol. The van der Waals surface area contributed by atoms with E-state index < -0.39 is 60.2 Å². The van der Waals surface area contributed by atoms with Gasteiger partial charge in [0.15, 0.2) is 5.96 Å². The molecule has 0 aromatic rings. The molecule has 11 N–H and O–H groups in total. The van der Waals surface area contributed by atoms with Gasteiger partial charge in [0.25, 0.3) is 0 Å². The van der Waals surface area contributed by atoms with Crippen LogP contribution in [-0.2, 0) is 24.0 Å². The summed E-state index contributed by atoms with van der Waals surface area (Å²) in [5.74, 6) is -3.64. The SMILES string of the molecule is CSCCC(NC(=O)C(CCCN=C(N)N)NC(=O)C(CC(N)=O)NC(=O)C1CCCN1)C(=O)O. The molecule has 4 unspecified atom stereocenters. The number of rotatable bonds is 16. The molecule has 14 nitrogen and oxygen atoms in total. The number of hydrogen-bond acceptors (Lipinski definition) is 8. The number of guanidine groups is 1. The lowest BCUT2D eigenvalue weighted by atomic mass is 10.1. The molecule has 0 spiro atoms. The summed E-state index contributed by atoms with van der Waals surface area (Å²) in [5, 5.41) is 19.8. The number of carbonyl (C=O) groups excluding carboxylic acids is 4. The molecule has 0 aliphatic carbocycles. The summed E-state index contributed by atoms with van der Waals surface area (Å²) in [6.07, 6.45) is 3.26. The molecule has 0 aromatic carbocycles. The number of amides is 4. The lowest BCUT2D eigenvalue weighted by Crippen LogP contribution is -2.57. The molecule has 1 saturated heterocycles. The average Bonchev–Trinajstić information content (AvgIpc) is 3.32. The Morgan fingerprint density at radius 1 is 1.03 bits per heavy atom. The number of aliphatic carboxylic acids is 1. The van der Waals surface area contributed by atoms with Crippen molar-refractivity contribution in [2.75, 3.05) is 25.1 Å². The fourth-order valence-corrected chi connectivity index (χ4v) is 3.87. The largest absolute Gasteiger partial charge is 0.480 e. The van der Waals surface area contributed by atoms with Crippen molar-refractivity contribution in [2.45, 2.75) is 62.7 Å². The number of nitrogens with zero attached hydrogens (tertiary/aromatic N) is 1. The van der Waals surface area contributed by atoms with Crippen LogP contribution in [0.4, 0.5) is 0 Å². The normalized spacial score (nSPS) is 17.5. The second-order valence-electron chi connectivity index (χ2n) is 8.07. The lowest BCUT2D eigenvalue weighted by molar-refractivity contribution is -0.142. The van der Waals surface area contributed by atoms with Crippen LogP contribution in [0.25, 0.3) is 0 Å². The predicted octanol–water partition coefficient (Wildman–Crippen LogP) is -3.04. The van der Waals surface area contributed by atoms with Crippen molar-refractivity contribution in [3.63, 3.8) is 0 Å². The van der Waals surface area contributed by atoms with Gasteiger partial charge in [0.1, 0.15) is 18.1 Å². The molecule has 1 aliphatic rings. The Bertz CT molecular complexity index is 786. The molecule has 1 heterocycles. The smallest absolute Gasteiger partial charge is 0.326 e. The van der Waals surface area contributed by atoms with Crippen molar-refractivity contribution < 1.29 is 29.1 Å². The topological polar surface area (TPSA) is 244 Å². The van der Waals surface area contributed by atoms with Gasteiger partial charge in [-0.05, 0) is 50.7 Å². The molecule has 35 heavy (non-hydrogen) atoms. The first-order valence-corrected chi connectivity index (χ1v) is 12.6. The average molecular weight is 517 g/mol. The van der Waals surface area contributed by atoms with Crippen molar-refractivity contribution in [3.8, 4) is 0 Å². The van der Waals surface area contributed by atoms with Crippen molar-refractivity contribution in [2.24, 2.45) is 22.2 Å². The number of primary amides is 1. The Labute approximate surface area is 208 Å². The summed E-state index contributed by atoms with van der Waals surface area (Å²) in [7, 11) is 0. The van der Waals surface area contributed by atoms with Gasteiger partial charge in [0, 0.05) is 6.54 Å². The third-order valence-electron chi connectivity index (χ3n) is 5.22. The Hall–Kier alpha value is -3.07. The van der Waals surface area contributed by atoms with Gasteiger partial charge >= 0.3 is 5.97 Å². The first-order chi connectivity index (χ1) is 16.5. The van der Waals surface area contributed by atoms with Crippen LogP contribution in [0.1, 0.15) is 38.5 Å². The van der Waals surface area contributed by atoms with Crippen LogP contribution in [0, 0.1) is 0 Å². The molecular formula is C20H36N8O6S. The molecule has 0 saturated carbocycles. The number of nitrogens with two attached hydrogens (primary N) is 3.